The van der Waals surface area contributed by atoms with Crippen LogP contribution in [0.3, 0.4) is 0 Å². The maximum atomic E-state index is 11.4. The number of hydrogen-bond donors (Lipinski definition) is 2. The molecule has 0 spiro atoms. The first-order valence-corrected chi connectivity index (χ1v) is 6.18. The van der Waals surface area contributed by atoms with Gasteiger partial charge in [-0.3, -0.25) is 4.98 Å². The van der Waals surface area contributed by atoms with Gasteiger partial charge in [0, 0.05) is 23.7 Å². The highest BCUT2D eigenvalue weighted by molar-refractivity contribution is 5.97. The average molecular weight is 264 g/mol. The van der Waals surface area contributed by atoms with Gasteiger partial charge in [0.1, 0.15) is 0 Å². The van der Waals surface area contributed by atoms with Crippen molar-refractivity contribution in [3.05, 3.63) is 66.5 Å². The van der Waals surface area contributed by atoms with E-state index in [1.54, 1.807) is 24.5 Å². The molecule has 4 nitrogen and oxygen atoms in total. The molecule has 0 atom stereocenters. The van der Waals surface area contributed by atoms with Gasteiger partial charge in [-0.2, -0.15) is 0 Å². The lowest BCUT2D eigenvalue weighted by atomic mass is 10.1. The summed E-state index contributed by atoms with van der Waals surface area (Å²) in [6.07, 6.45) is 3.30. The van der Waals surface area contributed by atoms with Gasteiger partial charge in [-0.15, -0.1) is 0 Å². The Kier molecular flexibility index (Phi) is 3.05. The van der Waals surface area contributed by atoms with Crippen molar-refractivity contribution in [3.8, 4) is 22.5 Å². The van der Waals surface area contributed by atoms with Crippen LogP contribution in [-0.2, 0) is 0 Å². The van der Waals surface area contributed by atoms with Gasteiger partial charge in [0.25, 0.3) is 0 Å². The molecule has 2 aromatic heterocycles. The van der Waals surface area contributed by atoms with Gasteiger partial charge in [-0.05, 0) is 23.8 Å². The monoisotopic (exact) mass is 264 g/mol. The van der Waals surface area contributed by atoms with Crippen molar-refractivity contribution in [2.75, 3.05) is 0 Å². The van der Waals surface area contributed by atoms with Crippen LogP contribution in [0.1, 0.15) is 10.4 Å². The van der Waals surface area contributed by atoms with E-state index in [4.69, 9.17) is 0 Å². The van der Waals surface area contributed by atoms with Crippen LogP contribution in [0.4, 0.5) is 0 Å². The van der Waals surface area contributed by atoms with Gasteiger partial charge < -0.3 is 10.1 Å². The number of nitrogens with one attached hydrogen (secondary N) is 1. The molecule has 2 heterocycles. The molecule has 98 valence electrons. The van der Waals surface area contributed by atoms with E-state index >= 15 is 0 Å². The molecule has 0 aliphatic heterocycles. The number of aromatic carboxylic acids is 1. The lowest BCUT2D eigenvalue weighted by Gasteiger charge is -2.00. The molecule has 0 aliphatic rings. The molecular weight excluding hydrogens is 252 g/mol. The molecule has 0 aliphatic carbocycles. The lowest BCUT2D eigenvalue weighted by molar-refractivity contribution is 0.0698. The first kappa shape index (κ1) is 12.2. The first-order valence-electron chi connectivity index (χ1n) is 6.18. The molecule has 0 fully saturated rings. The summed E-state index contributed by atoms with van der Waals surface area (Å²) in [7, 11) is 0. The molecule has 0 amide bonds. The van der Waals surface area contributed by atoms with Crippen LogP contribution in [0.2, 0.25) is 0 Å². The third-order valence-electron chi connectivity index (χ3n) is 3.08. The number of carbonyl (C=O) groups is 1. The fourth-order valence-corrected chi connectivity index (χ4v) is 2.13. The molecule has 0 bridgehead atoms. The summed E-state index contributed by atoms with van der Waals surface area (Å²) in [5.41, 5.74) is 3.31. The predicted molar refractivity (Wildman–Crippen MR) is 76.4 cm³/mol. The van der Waals surface area contributed by atoms with E-state index in [1.807, 2.05) is 36.4 Å². The minimum atomic E-state index is -0.956. The fraction of sp³-hybridized carbons (Fsp3) is 0. The zero-order valence-electron chi connectivity index (χ0n) is 10.6. The summed E-state index contributed by atoms with van der Waals surface area (Å²) in [5.74, 6) is -0.956. The number of rotatable bonds is 3. The van der Waals surface area contributed by atoms with Gasteiger partial charge >= 0.3 is 5.97 Å². The molecular formula is C16H12N2O2. The number of aromatic nitrogens is 2. The second-order valence-corrected chi connectivity index (χ2v) is 4.38. The second-order valence-electron chi connectivity index (χ2n) is 4.38. The van der Waals surface area contributed by atoms with Gasteiger partial charge in [0.2, 0.25) is 0 Å². The van der Waals surface area contributed by atoms with Gasteiger partial charge in [-0.1, -0.05) is 30.3 Å². The molecule has 1 aromatic carbocycles. The van der Waals surface area contributed by atoms with Crippen molar-refractivity contribution in [3.63, 3.8) is 0 Å². The van der Waals surface area contributed by atoms with Gasteiger partial charge in [0.05, 0.1) is 11.3 Å². The number of hydrogen-bond acceptors (Lipinski definition) is 2. The third-order valence-corrected chi connectivity index (χ3v) is 3.08. The van der Waals surface area contributed by atoms with Crippen LogP contribution in [0.25, 0.3) is 22.5 Å². The van der Waals surface area contributed by atoms with E-state index in [2.05, 4.69) is 9.97 Å². The standard InChI is InChI=1S/C16H12N2O2/c19-16(20)13-9-14(11-5-2-1-3-6-11)18-15(13)12-7-4-8-17-10-12/h1-10,18H,(H,19,20). The van der Waals surface area contributed by atoms with Crippen molar-refractivity contribution < 1.29 is 9.90 Å². The smallest absolute Gasteiger partial charge is 0.337 e. The minimum Gasteiger partial charge on any atom is -0.478 e. The van der Waals surface area contributed by atoms with Crippen LogP contribution in [0, 0.1) is 0 Å². The van der Waals surface area contributed by atoms with Crippen LogP contribution in [-0.4, -0.2) is 21.0 Å². The Bertz CT molecular complexity index is 734. The Morgan fingerprint density at radius 1 is 1.05 bits per heavy atom. The molecule has 4 heteroatoms. The number of benzene rings is 1. The quantitative estimate of drug-likeness (QED) is 0.761. The summed E-state index contributed by atoms with van der Waals surface area (Å²) < 4.78 is 0. The zero-order valence-corrected chi connectivity index (χ0v) is 10.6. The average Bonchev–Trinajstić information content (AvgIpc) is 2.94. The summed E-state index contributed by atoms with van der Waals surface area (Å²) >= 11 is 0. The van der Waals surface area contributed by atoms with E-state index in [9.17, 15) is 9.90 Å². The maximum Gasteiger partial charge on any atom is 0.337 e. The topological polar surface area (TPSA) is 66.0 Å². The molecule has 0 saturated heterocycles. The molecule has 20 heavy (non-hydrogen) atoms. The van der Waals surface area contributed by atoms with Crippen molar-refractivity contribution in [2.24, 2.45) is 0 Å². The largest absolute Gasteiger partial charge is 0.478 e. The van der Waals surface area contributed by atoms with Crippen molar-refractivity contribution in [2.45, 2.75) is 0 Å². The molecule has 0 saturated carbocycles. The Morgan fingerprint density at radius 3 is 2.45 bits per heavy atom. The maximum absolute atomic E-state index is 11.4. The summed E-state index contributed by atoms with van der Waals surface area (Å²) in [4.78, 5) is 18.6. The molecule has 2 N–H and O–H groups in total. The number of aromatic amines is 1. The fourth-order valence-electron chi connectivity index (χ4n) is 2.13. The number of carboxylic acid groups (broad SMARTS) is 1. The number of pyridine rings is 1. The van der Waals surface area contributed by atoms with Crippen molar-refractivity contribution in [1.82, 2.24) is 9.97 Å². The van der Waals surface area contributed by atoms with Gasteiger partial charge in [-0.25, -0.2) is 4.79 Å². The molecule has 3 aromatic rings. The molecule has 0 unspecified atom stereocenters. The SMILES string of the molecule is O=C(O)c1cc(-c2ccccc2)[nH]c1-c1cccnc1. The molecule has 0 radical (unpaired) electrons. The number of nitrogens with zero attached hydrogens (tertiary/aromatic N) is 1. The Hall–Kier alpha value is -2.88. The first-order chi connectivity index (χ1) is 9.75. The second kappa shape index (κ2) is 5.01. The highest BCUT2D eigenvalue weighted by Crippen LogP contribution is 2.28. The van der Waals surface area contributed by atoms with E-state index in [0.29, 0.717) is 5.69 Å². The van der Waals surface area contributed by atoms with Crippen LogP contribution in [0.15, 0.2) is 60.9 Å². The normalized spacial score (nSPS) is 10.4. The Labute approximate surface area is 115 Å². The summed E-state index contributed by atoms with van der Waals surface area (Å²) in [6, 6.07) is 14.9. The van der Waals surface area contributed by atoms with Gasteiger partial charge in [0.15, 0.2) is 0 Å². The van der Waals surface area contributed by atoms with Crippen LogP contribution < -0.4 is 0 Å². The van der Waals surface area contributed by atoms with Crippen molar-refractivity contribution >= 4 is 5.97 Å². The van der Waals surface area contributed by atoms with E-state index in [1.165, 1.54) is 0 Å². The van der Waals surface area contributed by atoms with E-state index < -0.39 is 5.97 Å². The zero-order chi connectivity index (χ0) is 13.9. The Balaban J connectivity index is 2.15. The van der Waals surface area contributed by atoms with E-state index in [0.717, 1.165) is 16.8 Å². The van der Waals surface area contributed by atoms with Crippen LogP contribution >= 0.6 is 0 Å². The van der Waals surface area contributed by atoms with Crippen molar-refractivity contribution in [1.29, 1.82) is 0 Å². The highest BCUT2D eigenvalue weighted by atomic mass is 16.4. The Morgan fingerprint density at radius 2 is 1.80 bits per heavy atom. The number of H-pyrrole nitrogens is 1. The van der Waals surface area contributed by atoms with Crippen LogP contribution in [0.5, 0.6) is 0 Å². The summed E-state index contributed by atoms with van der Waals surface area (Å²) in [5, 5.41) is 9.35. The third kappa shape index (κ3) is 2.19. The lowest BCUT2D eigenvalue weighted by Crippen LogP contribution is -1.96. The minimum absolute atomic E-state index is 0.247. The predicted octanol–water partition coefficient (Wildman–Crippen LogP) is 3.44. The highest BCUT2D eigenvalue weighted by Gasteiger charge is 2.16. The summed E-state index contributed by atoms with van der Waals surface area (Å²) in [6.45, 7) is 0. The van der Waals surface area contributed by atoms with E-state index in [-0.39, 0.29) is 5.56 Å². The molecule has 3 rings (SSSR count). The number of carboxylic acids is 1.